The molecular weight excluding hydrogens is 311 g/mol. The fraction of sp³-hybridized carbons (Fsp3) is 1.00. The molecule has 0 aliphatic carbocycles. The van der Waals surface area contributed by atoms with Gasteiger partial charge in [0.1, 0.15) is 0 Å². The van der Waals surface area contributed by atoms with Gasteiger partial charge < -0.3 is 4.90 Å². The van der Waals surface area contributed by atoms with Gasteiger partial charge in [-0.15, -0.1) is 0 Å². The first-order valence-electron chi connectivity index (χ1n) is 5.70. The zero-order chi connectivity index (χ0) is 14.2. The Morgan fingerprint density at radius 3 is 0.941 bits per heavy atom. The molecule has 0 saturated carbocycles. The van der Waals surface area contributed by atoms with Crippen LogP contribution in [0.4, 0.5) is 20.8 Å². The van der Waals surface area contributed by atoms with Gasteiger partial charge in [-0.05, 0) is 19.3 Å². The number of halogens is 6. The Morgan fingerprint density at radius 2 is 0.824 bits per heavy atom. The average molecular weight is 333 g/mol. The van der Waals surface area contributed by atoms with E-state index in [9.17, 15) is 20.8 Å². The fourth-order valence-electron chi connectivity index (χ4n) is 1.44. The molecule has 110 valence electrons. The molecule has 0 radical (unpaired) electrons. The molecule has 0 aliphatic rings. The molecular formula is C9H22AsF6N. The van der Waals surface area contributed by atoms with E-state index in [1.807, 2.05) is 0 Å². The van der Waals surface area contributed by atoms with Crippen LogP contribution in [0, 0.1) is 0 Å². The Balaban J connectivity index is 0. The van der Waals surface area contributed by atoms with Gasteiger partial charge in [0.2, 0.25) is 0 Å². The summed E-state index contributed by atoms with van der Waals surface area (Å²) in [6, 6.07) is 0. The summed E-state index contributed by atoms with van der Waals surface area (Å²) in [5, 5.41) is 0. The van der Waals surface area contributed by atoms with Crippen molar-refractivity contribution >= 4 is 14.2 Å². The Labute approximate surface area is 100 Å². The van der Waals surface area contributed by atoms with Crippen LogP contribution >= 0.6 is 0 Å². The maximum absolute atomic E-state index is 11.1. The van der Waals surface area contributed by atoms with Gasteiger partial charge in [0.05, 0.1) is 19.6 Å². The predicted molar refractivity (Wildman–Crippen MR) is 58.8 cm³/mol. The van der Waals surface area contributed by atoms with Crippen molar-refractivity contribution in [2.75, 3.05) is 19.6 Å². The second-order valence-corrected chi connectivity index (χ2v) is 7.98. The molecule has 0 aromatic rings. The van der Waals surface area contributed by atoms with E-state index in [2.05, 4.69) is 20.8 Å². The Hall–Kier alpha value is 0.0984. The first-order valence-corrected chi connectivity index (χ1v) is 9.95. The molecule has 1 nitrogen and oxygen atoms in total. The monoisotopic (exact) mass is 333 g/mol. The first kappa shape index (κ1) is 19.4. The number of quaternary nitrogens is 1. The number of rotatable bonds is 6. The third-order valence-electron chi connectivity index (χ3n) is 1.81. The normalized spacial score (nSPS) is 15.9. The second-order valence-electron chi connectivity index (χ2n) is 3.96. The molecule has 0 aliphatic heterocycles. The van der Waals surface area contributed by atoms with Gasteiger partial charge >= 0.3 is 35.0 Å². The van der Waals surface area contributed by atoms with E-state index in [0.29, 0.717) is 0 Å². The predicted octanol–water partition coefficient (Wildman–Crippen LogP) is 3.24. The molecule has 17 heavy (non-hydrogen) atoms. The maximum atomic E-state index is 9.91. The molecule has 0 saturated heterocycles. The summed E-state index contributed by atoms with van der Waals surface area (Å²) in [5.41, 5.74) is 0. The topological polar surface area (TPSA) is 4.44 Å². The van der Waals surface area contributed by atoms with E-state index in [1.165, 1.54) is 38.9 Å². The molecule has 0 aromatic heterocycles. The van der Waals surface area contributed by atoms with Crippen LogP contribution < -0.4 is 4.90 Å². The van der Waals surface area contributed by atoms with Crippen LogP contribution in [0.1, 0.15) is 40.0 Å². The van der Waals surface area contributed by atoms with Gasteiger partial charge in [0.25, 0.3) is 0 Å². The summed E-state index contributed by atoms with van der Waals surface area (Å²) in [6.45, 7) is 10.9. The van der Waals surface area contributed by atoms with Gasteiger partial charge in [-0.2, -0.15) is 0 Å². The van der Waals surface area contributed by atoms with Crippen LogP contribution in [0.5, 0.6) is 0 Å². The van der Waals surface area contributed by atoms with Crippen molar-refractivity contribution in [1.82, 2.24) is 0 Å². The van der Waals surface area contributed by atoms with Gasteiger partial charge in [0, 0.05) is 0 Å². The van der Waals surface area contributed by atoms with E-state index in [1.54, 1.807) is 4.90 Å². The summed E-state index contributed by atoms with van der Waals surface area (Å²) in [4.78, 5) is 1.78. The van der Waals surface area contributed by atoms with Crippen LogP contribution in [0.3, 0.4) is 0 Å². The molecule has 0 rings (SSSR count). The summed E-state index contributed by atoms with van der Waals surface area (Å²) in [5.74, 6) is 0. The van der Waals surface area contributed by atoms with E-state index < -0.39 is 14.2 Å². The molecule has 0 spiro atoms. The standard InChI is InChI=1S/C9H21N.AsF6/c1-4-7-10(8-5-2)9-6-3;2-1(3,4,5,6)7/h4-9H2,1-3H3;/q;-1/p+1. The van der Waals surface area contributed by atoms with E-state index >= 15 is 0 Å². The van der Waals surface area contributed by atoms with Crippen LogP contribution in [0.15, 0.2) is 0 Å². The van der Waals surface area contributed by atoms with Crippen molar-refractivity contribution in [3.63, 3.8) is 0 Å². The van der Waals surface area contributed by atoms with Crippen LogP contribution in [0.25, 0.3) is 0 Å². The number of nitrogens with one attached hydrogen (secondary N) is 1. The van der Waals surface area contributed by atoms with Gasteiger partial charge in [-0.1, -0.05) is 20.8 Å². The second kappa shape index (κ2) is 6.32. The van der Waals surface area contributed by atoms with Crippen molar-refractivity contribution in [2.24, 2.45) is 0 Å². The number of hydrogen-bond acceptors (Lipinski definition) is 0. The molecule has 1 N–H and O–H groups in total. The van der Waals surface area contributed by atoms with E-state index in [0.717, 1.165) is 0 Å². The van der Waals surface area contributed by atoms with Gasteiger partial charge in [-0.25, -0.2) is 0 Å². The van der Waals surface area contributed by atoms with Gasteiger partial charge in [-0.3, -0.25) is 0 Å². The molecule has 0 heterocycles. The van der Waals surface area contributed by atoms with Crippen LogP contribution in [-0.4, -0.2) is 33.8 Å². The van der Waals surface area contributed by atoms with Crippen LogP contribution in [-0.2, 0) is 0 Å². The molecule has 0 atom stereocenters. The Kier molecular flexibility index (Phi) is 7.23. The third kappa shape index (κ3) is 38.7. The quantitative estimate of drug-likeness (QED) is 0.562. The van der Waals surface area contributed by atoms with Gasteiger partial charge in [0.15, 0.2) is 0 Å². The molecule has 0 amide bonds. The van der Waals surface area contributed by atoms with Crippen LogP contribution in [0.2, 0.25) is 0 Å². The number of hydrogen-bond donors (Lipinski definition) is 1. The minimum absolute atomic E-state index is 1.33. The van der Waals surface area contributed by atoms with Crippen molar-refractivity contribution in [2.45, 2.75) is 40.0 Å². The van der Waals surface area contributed by atoms with Crippen molar-refractivity contribution in [1.29, 1.82) is 0 Å². The summed E-state index contributed by atoms with van der Waals surface area (Å²) >= 11 is -11.1. The molecule has 8 heteroatoms. The fourth-order valence-corrected chi connectivity index (χ4v) is 1.44. The van der Waals surface area contributed by atoms with Crippen molar-refractivity contribution in [3.8, 4) is 0 Å². The summed E-state index contributed by atoms with van der Waals surface area (Å²) in [7, 11) is 0. The Bertz CT molecular complexity index is 173. The molecule has 0 aromatic carbocycles. The molecule has 0 unspecified atom stereocenters. The Morgan fingerprint density at radius 1 is 0.647 bits per heavy atom. The van der Waals surface area contributed by atoms with Crippen molar-refractivity contribution in [3.05, 3.63) is 0 Å². The summed E-state index contributed by atoms with van der Waals surface area (Å²) < 4.78 is 59.4. The van der Waals surface area contributed by atoms with E-state index in [4.69, 9.17) is 0 Å². The first-order chi connectivity index (χ1) is 7.30. The minimum atomic E-state index is -11.1. The van der Waals surface area contributed by atoms with E-state index in [-0.39, 0.29) is 0 Å². The molecule has 0 bridgehead atoms. The zero-order valence-corrected chi connectivity index (χ0v) is 12.3. The third-order valence-corrected chi connectivity index (χ3v) is 1.81. The zero-order valence-electron chi connectivity index (χ0n) is 10.5. The SMILES string of the molecule is CCC[NH+](CCC)CCC.F[As-](F)(F)(F)(F)F. The summed E-state index contributed by atoms with van der Waals surface area (Å²) in [6.07, 6.45) is 3.99. The molecule has 0 fully saturated rings. The average Bonchev–Trinajstić information content (AvgIpc) is 1.99. The van der Waals surface area contributed by atoms with Crippen molar-refractivity contribution < 1.29 is 25.7 Å².